The number of carbonyl (C=O) groups excluding carboxylic acids is 2. The number of benzene rings is 3. The van der Waals surface area contributed by atoms with Crippen LogP contribution in [0.3, 0.4) is 0 Å². The third-order valence-corrected chi connectivity index (χ3v) is 9.78. The third kappa shape index (κ3) is 12.7. The Kier molecular flexibility index (Phi) is 17.5. The van der Waals surface area contributed by atoms with Gasteiger partial charge in [-0.2, -0.15) is 0 Å². The van der Waals surface area contributed by atoms with Gasteiger partial charge in [0, 0.05) is 21.0 Å². The van der Waals surface area contributed by atoms with Crippen molar-refractivity contribution in [2.24, 2.45) is 0 Å². The van der Waals surface area contributed by atoms with Crippen molar-refractivity contribution in [3.8, 4) is 17.2 Å². The van der Waals surface area contributed by atoms with Crippen LogP contribution in [0.15, 0.2) is 85.5 Å². The molecule has 0 bridgehead atoms. The van der Waals surface area contributed by atoms with Crippen molar-refractivity contribution in [2.45, 2.75) is 102 Å². The van der Waals surface area contributed by atoms with Crippen LogP contribution in [0.4, 0.5) is 0 Å². The Morgan fingerprint density at radius 1 is 0.593 bits per heavy atom. The molecule has 2 aliphatic rings. The summed E-state index contributed by atoms with van der Waals surface area (Å²) < 4.78 is 79.1. The number of ether oxygens (including phenoxy) is 13. The summed E-state index contributed by atoms with van der Waals surface area (Å²) in [4.78, 5) is 24.9. The molecule has 15 heteroatoms. The number of carbonyl (C=O) groups is 2. The summed E-state index contributed by atoms with van der Waals surface area (Å²) >= 11 is 0. The molecule has 0 aromatic heterocycles. The molecule has 0 unspecified atom stereocenters. The van der Waals surface area contributed by atoms with Crippen LogP contribution in [0.25, 0.3) is 0 Å². The zero-order chi connectivity index (χ0) is 42.3. The molecular weight excluding hydrogens is 768 g/mol. The highest BCUT2D eigenvalue weighted by molar-refractivity contribution is 5.67. The average molecular weight is 825 g/mol. The molecule has 0 radical (unpaired) electrons. The van der Waals surface area contributed by atoms with Crippen molar-refractivity contribution in [3.63, 3.8) is 0 Å². The van der Waals surface area contributed by atoms with Crippen molar-refractivity contribution < 1.29 is 71.2 Å². The second-order valence-electron chi connectivity index (χ2n) is 13.9. The molecule has 0 spiro atoms. The number of hydrogen-bond donors (Lipinski definition) is 0. The maximum Gasteiger partial charge on any atom is 0.303 e. The molecule has 0 N–H and O–H groups in total. The van der Waals surface area contributed by atoms with Crippen molar-refractivity contribution in [2.75, 3.05) is 41.7 Å². The highest BCUT2D eigenvalue weighted by atomic mass is 16.8. The summed E-state index contributed by atoms with van der Waals surface area (Å²) in [5, 5.41) is 0. The molecule has 10 atom stereocenters. The first-order chi connectivity index (χ1) is 28.6. The van der Waals surface area contributed by atoms with Crippen LogP contribution in [-0.2, 0) is 76.8 Å². The second-order valence-corrected chi connectivity index (χ2v) is 13.9. The van der Waals surface area contributed by atoms with Crippen molar-refractivity contribution in [1.82, 2.24) is 0 Å². The predicted octanol–water partition coefficient (Wildman–Crippen LogP) is 5.34. The molecule has 322 valence electrons. The van der Waals surface area contributed by atoms with E-state index in [4.69, 9.17) is 61.6 Å². The minimum Gasteiger partial charge on any atom is -0.497 e. The number of esters is 2. The zero-order valence-corrected chi connectivity index (χ0v) is 34.6. The van der Waals surface area contributed by atoms with E-state index in [2.05, 4.69) is 6.58 Å². The summed E-state index contributed by atoms with van der Waals surface area (Å²) in [5.74, 6) is 0.882. The molecule has 5 rings (SSSR count). The predicted molar refractivity (Wildman–Crippen MR) is 212 cm³/mol. The van der Waals surface area contributed by atoms with E-state index in [1.165, 1.54) is 13.8 Å². The quantitative estimate of drug-likeness (QED) is 0.100. The minimum absolute atomic E-state index is 0.0417. The van der Waals surface area contributed by atoms with E-state index in [0.29, 0.717) is 11.5 Å². The lowest BCUT2D eigenvalue weighted by Gasteiger charge is -2.49. The molecule has 2 saturated heterocycles. The highest BCUT2D eigenvalue weighted by Crippen LogP contribution is 2.36. The van der Waals surface area contributed by atoms with Crippen LogP contribution >= 0.6 is 0 Å². The van der Waals surface area contributed by atoms with Crippen LogP contribution in [0.2, 0.25) is 0 Å². The van der Waals surface area contributed by atoms with Gasteiger partial charge in [-0.05, 0) is 60.0 Å². The van der Waals surface area contributed by atoms with Crippen molar-refractivity contribution >= 4 is 11.9 Å². The van der Waals surface area contributed by atoms with E-state index in [0.717, 1.165) is 22.4 Å². The third-order valence-electron chi connectivity index (χ3n) is 9.78. The van der Waals surface area contributed by atoms with Crippen LogP contribution in [-0.4, -0.2) is 115 Å². The Bertz CT molecular complexity index is 1730. The minimum atomic E-state index is -1.24. The molecule has 3 aromatic carbocycles. The molecule has 2 fully saturated rings. The van der Waals surface area contributed by atoms with Gasteiger partial charge < -0.3 is 61.6 Å². The second kappa shape index (κ2) is 22.7. The molecule has 0 aliphatic carbocycles. The fourth-order valence-corrected chi connectivity index (χ4v) is 6.87. The van der Waals surface area contributed by atoms with Gasteiger partial charge in [0.15, 0.2) is 24.8 Å². The molecule has 59 heavy (non-hydrogen) atoms. The summed E-state index contributed by atoms with van der Waals surface area (Å²) in [6.07, 6.45) is -8.19. The summed E-state index contributed by atoms with van der Waals surface area (Å²) in [6, 6.07) is 22.3. The van der Waals surface area contributed by atoms with Crippen LogP contribution in [0.1, 0.15) is 37.5 Å². The smallest absolute Gasteiger partial charge is 0.303 e. The first-order valence-electron chi connectivity index (χ1n) is 19.3. The average Bonchev–Trinajstić information content (AvgIpc) is 3.24. The molecule has 0 amide bonds. The van der Waals surface area contributed by atoms with E-state index in [9.17, 15) is 9.59 Å². The fourth-order valence-electron chi connectivity index (χ4n) is 6.87. The topological polar surface area (TPSA) is 154 Å². The van der Waals surface area contributed by atoms with Crippen LogP contribution < -0.4 is 14.2 Å². The Morgan fingerprint density at radius 2 is 1.08 bits per heavy atom. The molecule has 3 aromatic rings. The number of rotatable bonds is 21. The summed E-state index contributed by atoms with van der Waals surface area (Å²) in [5.41, 5.74) is 2.56. The standard InChI is InChI=1S/C44H56O15/c1-9-22-52-43-42(59-44-41(54-25-32-14-20-35(49-7)21-15-32)40(57-29(4)46)37(27(2)55-44)56-28(3)45)39(53-24-31-12-18-34(48-6)19-13-31)38(50-8)36(58-43)26-51-23-30-10-16-33(47-5)17-11-30/h9-21,27,36-44H,1,22-26H2,2-8H3/t27-,36+,37+,38-,39-,40+,41-,42+,43+,44-/m0/s1. The Morgan fingerprint density at radius 3 is 1.56 bits per heavy atom. The molecule has 0 saturated carbocycles. The van der Waals surface area contributed by atoms with Gasteiger partial charge in [0.2, 0.25) is 0 Å². The first-order valence-corrected chi connectivity index (χ1v) is 19.3. The van der Waals surface area contributed by atoms with Crippen molar-refractivity contribution in [1.29, 1.82) is 0 Å². The lowest BCUT2D eigenvalue weighted by Crippen LogP contribution is -2.66. The Balaban J connectivity index is 1.48. The molecule has 2 heterocycles. The molecular formula is C44H56O15. The van der Waals surface area contributed by atoms with Gasteiger partial charge in [0.05, 0.1) is 60.5 Å². The lowest BCUT2D eigenvalue weighted by molar-refractivity contribution is -0.373. The first kappa shape index (κ1) is 45.5. The summed E-state index contributed by atoms with van der Waals surface area (Å²) in [6.45, 7) is 8.73. The Labute approximate surface area is 345 Å². The van der Waals surface area contributed by atoms with Gasteiger partial charge in [-0.15, -0.1) is 6.58 Å². The Hall–Kier alpha value is -4.58. The van der Waals surface area contributed by atoms with Gasteiger partial charge in [-0.1, -0.05) is 42.5 Å². The largest absolute Gasteiger partial charge is 0.497 e. The fraction of sp³-hybridized carbons (Fsp3) is 0.500. The van der Waals surface area contributed by atoms with Crippen molar-refractivity contribution in [3.05, 3.63) is 102 Å². The van der Waals surface area contributed by atoms with Gasteiger partial charge in [-0.25, -0.2) is 0 Å². The molecule has 2 aliphatic heterocycles. The van der Waals surface area contributed by atoms with Crippen LogP contribution in [0.5, 0.6) is 17.2 Å². The van der Waals surface area contributed by atoms with E-state index >= 15 is 0 Å². The van der Waals surface area contributed by atoms with E-state index in [1.54, 1.807) is 53.6 Å². The monoisotopic (exact) mass is 824 g/mol. The normalized spacial score (nSPS) is 26.7. The van der Waals surface area contributed by atoms with E-state index < -0.39 is 73.4 Å². The zero-order valence-electron chi connectivity index (χ0n) is 34.6. The van der Waals surface area contributed by atoms with Gasteiger partial charge in [0.1, 0.15) is 47.8 Å². The highest BCUT2D eigenvalue weighted by Gasteiger charge is 2.54. The maximum absolute atomic E-state index is 12.6. The molecule has 15 nitrogen and oxygen atoms in total. The van der Waals surface area contributed by atoms with E-state index in [1.807, 2.05) is 60.7 Å². The SMILES string of the molecule is C=CCO[C@@H]1O[C@H](COCc2ccc(OC)cc2)[C@H](OC)[C@H](OCc2ccc(OC)cc2)[C@H]1O[C@@H]1O[C@@H](C)[C@@H](OC(C)=O)[C@@H](OC(C)=O)[C@@H]1OCc1ccc(OC)cc1. The number of methoxy groups -OCH3 is 4. The van der Waals surface area contributed by atoms with Crippen LogP contribution in [0, 0.1) is 0 Å². The summed E-state index contributed by atoms with van der Waals surface area (Å²) in [7, 11) is 6.34. The maximum atomic E-state index is 12.6. The van der Waals surface area contributed by atoms with Gasteiger partial charge >= 0.3 is 11.9 Å². The van der Waals surface area contributed by atoms with Gasteiger partial charge in [-0.3, -0.25) is 9.59 Å². The lowest BCUT2D eigenvalue weighted by atomic mass is 9.96. The van der Waals surface area contributed by atoms with E-state index in [-0.39, 0.29) is 33.0 Å². The van der Waals surface area contributed by atoms with Gasteiger partial charge in [0.25, 0.3) is 0 Å². The number of hydrogen-bond acceptors (Lipinski definition) is 15.